The first kappa shape index (κ1) is 12.7. The van der Waals surface area contributed by atoms with Gasteiger partial charge in [0.2, 0.25) is 0 Å². The average Bonchev–Trinajstić information content (AvgIpc) is 2.34. The predicted octanol–water partition coefficient (Wildman–Crippen LogP) is 4.20. The van der Waals surface area contributed by atoms with Crippen LogP contribution in [0.5, 0.6) is 5.75 Å². The zero-order chi connectivity index (χ0) is 13.1. The highest BCUT2D eigenvalue weighted by Crippen LogP contribution is 2.26. The molecule has 0 saturated heterocycles. The van der Waals surface area contributed by atoms with Crippen LogP contribution in [-0.2, 0) is 0 Å². The quantitative estimate of drug-likeness (QED) is 0.844. The number of benzene rings is 2. The van der Waals surface area contributed by atoms with E-state index in [1.54, 1.807) is 6.07 Å². The zero-order valence-corrected chi connectivity index (χ0v) is 10.6. The van der Waals surface area contributed by atoms with E-state index in [1.807, 2.05) is 31.2 Å². The highest BCUT2D eigenvalue weighted by Gasteiger charge is 2.08. The van der Waals surface area contributed by atoms with Gasteiger partial charge < -0.3 is 10.5 Å². The zero-order valence-electron chi connectivity index (χ0n) is 9.86. The van der Waals surface area contributed by atoms with Gasteiger partial charge in [-0.2, -0.15) is 0 Å². The van der Waals surface area contributed by atoms with Crippen molar-refractivity contribution in [1.29, 1.82) is 0 Å². The van der Waals surface area contributed by atoms with Crippen molar-refractivity contribution < 1.29 is 9.13 Å². The number of nitrogens with two attached hydrogens (primary N) is 1. The summed E-state index contributed by atoms with van der Waals surface area (Å²) < 4.78 is 18.7. The van der Waals surface area contributed by atoms with E-state index in [4.69, 9.17) is 22.1 Å². The van der Waals surface area contributed by atoms with Gasteiger partial charge in [-0.05, 0) is 36.8 Å². The van der Waals surface area contributed by atoms with E-state index in [-0.39, 0.29) is 11.1 Å². The summed E-state index contributed by atoms with van der Waals surface area (Å²) in [5.74, 6) is 0.0786. The Hall–Kier alpha value is -1.74. The van der Waals surface area contributed by atoms with Gasteiger partial charge in [-0.25, -0.2) is 4.39 Å². The van der Waals surface area contributed by atoms with E-state index < -0.39 is 5.82 Å². The van der Waals surface area contributed by atoms with Gasteiger partial charge in [-0.1, -0.05) is 23.7 Å². The molecule has 0 aliphatic heterocycles. The molecular formula is C14H13ClFNO. The van der Waals surface area contributed by atoms with Gasteiger partial charge in [0.05, 0.1) is 5.02 Å². The van der Waals surface area contributed by atoms with Gasteiger partial charge in [-0.3, -0.25) is 0 Å². The number of ether oxygens (including phenoxy) is 1. The van der Waals surface area contributed by atoms with Crippen LogP contribution in [-0.4, -0.2) is 0 Å². The maximum atomic E-state index is 13.0. The highest BCUT2D eigenvalue weighted by molar-refractivity contribution is 6.30. The number of nitrogen functional groups attached to an aromatic ring is 1. The van der Waals surface area contributed by atoms with Crippen molar-refractivity contribution in [2.45, 2.75) is 13.0 Å². The average molecular weight is 266 g/mol. The second-order valence-corrected chi connectivity index (χ2v) is 4.41. The van der Waals surface area contributed by atoms with Crippen molar-refractivity contribution in [3.05, 3.63) is 58.9 Å². The highest BCUT2D eigenvalue weighted by atomic mass is 35.5. The molecule has 0 bridgehead atoms. The molecule has 2 rings (SSSR count). The Morgan fingerprint density at radius 3 is 2.44 bits per heavy atom. The van der Waals surface area contributed by atoms with Gasteiger partial charge in [0.15, 0.2) is 0 Å². The number of hydrogen-bond acceptors (Lipinski definition) is 2. The summed E-state index contributed by atoms with van der Waals surface area (Å²) in [5, 5.41) is 0.0528. The maximum absolute atomic E-state index is 13.0. The van der Waals surface area contributed by atoms with E-state index in [1.165, 1.54) is 12.1 Å². The summed E-state index contributed by atoms with van der Waals surface area (Å²) >= 11 is 5.69. The second kappa shape index (κ2) is 5.27. The molecule has 18 heavy (non-hydrogen) atoms. The van der Waals surface area contributed by atoms with Crippen LogP contribution in [0, 0.1) is 5.82 Å². The Bertz CT molecular complexity index is 542. The molecule has 1 unspecified atom stereocenters. The van der Waals surface area contributed by atoms with Crippen molar-refractivity contribution in [3.63, 3.8) is 0 Å². The van der Waals surface area contributed by atoms with Crippen molar-refractivity contribution in [2.75, 3.05) is 5.73 Å². The molecule has 4 heteroatoms. The van der Waals surface area contributed by atoms with Gasteiger partial charge in [-0.15, -0.1) is 0 Å². The molecule has 0 saturated carbocycles. The smallest absolute Gasteiger partial charge is 0.142 e. The number of halogens is 2. The first-order valence-corrected chi connectivity index (χ1v) is 5.91. The third-order valence-corrected chi connectivity index (χ3v) is 2.90. The van der Waals surface area contributed by atoms with E-state index >= 15 is 0 Å². The minimum Gasteiger partial charge on any atom is -0.486 e. The molecule has 1 atom stereocenters. The third-order valence-electron chi connectivity index (χ3n) is 2.61. The molecule has 2 N–H and O–H groups in total. The molecule has 2 aromatic carbocycles. The normalized spacial score (nSPS) is 12.2. The second-order valence-electron chi connectivity index (χ2n) is 4.00. The summed E-state index contributed by atoms with van der Waals surface area (Å²) in [6.45, 7) is 1.91. The molecule has 2 aromatic rings. The van der Waals surface area contributed by atoms with Crippen LogP contribution in [0.4, 0.5) is 10.1 Å². The molecule has 0 radical (unpaired) electrons. The largest absolute Gasteiger partial charge is 0.486 e. The lowest BCUT2D eigenvalue weighted by atomic mass is 10.1. The van der Waals surface area contributed by atoms with Gasteiger partial charge in [0.25, 0.3) is 0 Å². The summed E-state index contributed by atoms with van der Waals surface area (Å²) in [5.41, 5.74) is 7.31. The van der Waals surface area contributed by atoms with Gasteiger partial charge >= 0.3 is 0 Å². The summed E-state index contributed by atoms with van der Waals surface area (Å²) in [4.78, 5) is 0. The van der Waals surface area contributed by atoms with Gasteiger partial charge in [0.1, 0.15) is 17.7 Å². The molecular weight excluding hydrogens is 253 g/mol. The third kappa shape index (κ3) is 2.93. The van der Waals surface area contributed by atoms with Crippen molar-refractivity contribution in [2.24, 2.45) is 0 Å². The van der Waals surface area contributed by atoms with E-state index in [0.29, 0.717) is 11.4 Å². The Morgan fingerprint density at radius 2 is 1.83 bits per heavy atom. The van der Waals surface area contributed by atoms with Crippen LogP contribution in [0.25, 0.3) is 0 Å². The van der Waals surface area contributed by atoms with Crippen molar-refractivity contribution in [3.8, 4) is 5.75 Å². The Balaban J connectivity index is 2.13. The molecule has 0 aliphatic carbocycles. The lowest BCUT2D eigenvalue weighted by Crippen LogP contribution is -2.03. The Morgan fingerprint density at radius 1 is 1.17 bits per heavy atom. The topological polar surface area (TPSA) is 35.2 Å². The maximum Gasteiger partial charge on any atom is 0.142 e. The minimum absolute atomic E-state index is 0.0528. The molecule has 94 valence electrons. The fourth-order valence-electron chi connectivity index (χ4n) is 1.59. The van der Waals surface area contributed by atoms with E-state index in [9.17, 15) is 4.39 Å². The van der Waals surface area contributed by atoms with Crippen LogP contribution >= 0.6 is 11.6 Å². The van der Waals surface area contributed by atoms with Crippen LogP contribution in [0.1, 0.15) is 18.6 Å². The van der Waals surface area contributed by atoms with Crippen LogP contribution < -0.4 is 10.5 Å². The molecule has 0 spiro atoms. The van der Waals surface area contributed by atoms with Crippen molar-refractivity contribution >= 4 is 17.3 Å². The van der Waals surface area contributed by atoms with Crippen LogP contribution in [0.2, 0.25) is 5.02 Å². The van der Waals surface area contributed by atoms with Gasteiger partial charge in [0, 0.05) is 11.8 Å². The molecule has 0 aliphatic rings. The fraction of sp³-hybridized carbons (Fsp3) is 0.143. The first-order valence-electron chi connectivity index (χ1n) is 5.53. The number of anilines is 1. The minimum atomic E-state index is -0.454. The molecule has 0 amide bonds. The number of rotatable bonds is 3. The van der Waals surface area contributed by atoms with Crippen LogP contribution in [0.3, 0.4) is 0 Å². The molecule has 0 fully saturated rings. The van der Waals surface area contributed by atoms with E-state index in [0.717, 1.165) is 5.56 Å². The summed E-state index contributed by atoms with van der Waals surface area (Å²) in [6, 6.07) is 11.7. The monoisotopic (exact) mass is 265 g/mol. The predicted molar refractivity (Wildman–Crippen MR) is 71.3 cm³/mol. The van der Waals surface area contributed by atoms with E-state index in [2.05, 4.69) is 0 Å². The number of hydrogen-bond donors (Lipinski definition) is 1. The Kier molecular flexibility index (Phi) is 3.72. The van der Waals surface area contributed by atoms with Crippen molar-refractivity contribution in [1.82, 2.24) is 0 Å². The first-order chi connectivity index (χ1) is 8.56. The molecule has 0 aromatic heterocycles. The summed E-state index contributed by atoms with van der Waals surface area (Å²) in [6.07, 6.45) is -0.160. The lowest BCUT2D eigenvalue weighted by Gasteiger charge is -2.15. The Labute approximate surface area is 110 Å². The fourth-order valence-corrected chi connectivity index (χ4v) is 1.76. The summed E-state index contributed by atoms with van der Waals surface area (Å²) in [7, 11) is 0. The lowest BCUT2D eigenvalue weighted by molar-refractivity contribution is 0.226. The SMILES string of the molecule is CC(Oc1ccc(F)c(Cl)c1)c1ccc(N)cc1. The molecule has 0 heterocycles. The van der Waals surface area contributed by atoms with Crippen LogP contribution in [0.15, 0.2) is 42.5 Å². The standard InChI is InChI=1S/C14H13ClFNO/c1-9(10-2-4-11(17)5-3-10)18-12-6-7-14(16)13(15)8-12/h2-9H,17H2,1H3. The molecule has 2 nitrogen and oxygen atoms in total.